The molecule has 8 heteroatoms. The van der Waals surface area contributed by atoms with E-state index < -0.39 is 11.9 Å². The molecule has 3 aliphatic carbocycles. The SMILES string of the molecule is C1CCC(NC2CCCCC2)CC1.CO[C@@H]1[C@@H]([C@@]2(C)O[C@H]2CC=C(C)C)[C@@]2(CC[C@H]1OC(=O)/C=C/C=C/C=C/C=C/C(=O)O)CO2. The standard InChI is InChI=1S/C26H34O7.C12H23N/c1-18(2)13-14-20-25(3,33-20)24-23(30-4)19(15-16-26(24)17-31-26)32-22(29)12-10-8-6-5-7-9-11-21(27)28;1-3-7-11(8-4-1)13-12-9-5-2-6-10-12/h5-13,19-20,23-24H,14-17H2,1-4H3,(H,27,28);11-13H,1-10H2/b7-5+,8-6+,11-9+,12-10+;/t19-,20+,23+,24+,25+,26-;/m1./s1. The third-order valence-corrected chi connectivity index (χ3v) is 10.2. The first-order valence-electron chi connectivity index (χ1n) is 17.5. The van der Waals surface area contributed by atoms with Gasteiger partial charge in [0.15, 0.2) is 0 Å². The van der Waals surface area contributed by atoms with Gasteiger partial charge < -0.3 is 29.4 Å². The number of carboxylic acids is 1. The average Bonchev–Trinajstić information content (AvgIpc) is 3.96. The summed E-state index contributed by atoms with van der Waals surface area (Å²) in [6.07, 6.45) is 30.5. The van der Waals surface area contributed by atoms with Gasteiger partial charge in [-0.1, -0.05) is 86.6 Å². The van der Waals surface area contributed by atoms with Crippen molar-refractivity contribution in [2.24, 2.45) is 5.92 Å². The Balaban J connectivity index is 0.000000305. The largest absolute Gasteiger partial charge is 0.478 e. The molecule has 8 nitrogen and oxygen atoms in total. The molecule has 0 aromatic heterocycles. The van der Waals surface area contributed by atoms with Crippen molar-refractivity contribution in [3.63, 3.8) is 0 Å². The van der Waals surface area contributed by atoms with Crippen LogP contribution in [0.25, 0.3) is 0 Å². The number of hydrogen-bond acceptors (Lipinski definition) is 7. The van der Waals surface area contributed by atoms with Gasteiger partial charge in [-0.25, -0.2) is 9.59 Å². The molecule has 6 atom stereocenters. The van der Waals surface area contributed by atoms with Gasteiger partial charge in [-0.05, 0) is 65.7 Å². The Hall–Kier alpha value is -2.52. The highest BCUT2D eigenvalue weighted by atomic mass is 16.6. The first-order valence-corrected chi connectivity index (χ1v) is 17.5. The van der Waals surface area contributed by atoms with E-state index in [0.29, 0.717) is 13.0 Å². The number of ether oxygens (including phenoxy) is 4. The van der Waals surface area contributed by atoms with Crippen LogP contribution in [-0.2, 0) is 28.5 Å². The number of methoxy groups -OCH3 is 1. The minimum Gasteiger partial charge on any atom is -0.478 e. The molecule has 0 amide bonds. The molecular weight excluding hydrogens is 582 g/mol. The van der Waals surface area contributed by atoms with Crippen molar-refractivity contribution >= 4 is 11.9 Å². The predicted octanol–water partition coefficient (Wildman–Crippen LogP) is 7.16. The average molecular weight is 640 g/mol. The van der Waals surface area contributed by atoms with E-state index in [9.17, 15) is 9.59 Å². The summed E-state index contributed by atoms with van der Waals surface area (Å²) < 4.78 is 23.8. The quantitative estimate of drug-likeness (QED) is 0.0762. The molecule has 46 heavy (non-hydrogen) atoms. The van der Waals surface area contributed by atoms with Crippen molar-refractivity contribution in [1.82, 2.24) is 5.32 Å². The first-order chi connectivity index (χ1) is 22.2. The maximum atomic E-state index is 12.4. The zero-order valence-corrected chi connectivity index (χ0v) is 28.5. The van der Waals surface area contributed by atoms with Crippen molar-refractivity contribution < 1.29 is 33.6 Å². The van der Waals surface area contributed by atoms with Gasteiger partial charge in [0.05, 0.1) is 18.6 Å². The molecule has 0 radical (unpaired) electrons. The van der Waals surface area contributed by atoms with Crippen LogP contribution >= 0.6 is 0 Å². The van der Waals surface area contributed by atoms with E-state index in [1.165, 1.54) is 81.9 Å². The Bertz CT molecular complexity index is 1120. The molecule has 3 saturated carbocycles. The molecular formula is C38H57NO7. The van der Waals surface area contributed by atoms with Gasteiger partial charge >= 0.3 is 11.9 Å². The molecule has 5 aliphatic rings. The number of nitrogens with one attached hydrogen (secondary N) is 1. The maximum absolute atomic E-state index is 12.4. The van der Waals surface area contributed by atoms with Crippen LogP contribution < -0.4 is 5.32 Å². The minimum absolute atomic E-state index is 0.00928. The molecule has 0 unspecified atom stereocenters. The predicted molar refractivity (Wildman–Crippen MR) is 180 cm³/mol. The summed E-state index contributed by atoms with van der Waals surface area (Å²) >= 11 is 0. The fraction of sp³-hybridized carbons (Fsp3) is 0.684. The molecule has 5 rings (SSSR count). The fourth-order valence-corrected chi connectivity index (χ4v) is 7.66. The van der Waals surface area contributed by atoms with Gasteiger partial charge in [-0.2, -0.15) is 0 Å². The van der Waals surface area contributed by atoms with Crippen LogP contribution in [0.5, 0.6) is 0 Å². The molecule has 256 valence electrons. The Morgan fingerprint density at radius 1 is 0.870 bits per heavy atom. The van der Waals surface area contributed by atoms with Crippen molar-refractivity contribution in [2.75, 3.05) is 13.7 Å². The lowest BCUT2D eigenvalue weighted by molar-refractivity contribution is -0.166. The molecule has 2 saturated heterocycles. The Morgan fingerprint density at radius 2 is 1.43 bits per heavy atom. The number of esters is 1. The molecule has 0 bridgehead atoms. The van der Waals surface area contributed by atoms with Crippen molar-refractivity contribution in [1.29, 1.82) is 0 Å². The normalized spacial score (nSPS) is 33.4. The van der Waals surface area contributed by atoms with Crippen LogP contribution in [-0.4, -0.2) is 72.4 Å². The van der Waals surface area contributed by atoms with E-state index in [0.717, 1.165) is 31.0 Å². The third-order valence-electron chi connectivity index (χ3n) is 10.2. The highest BCUT2D eigenvalue weighted by molar-refractivity contribution is 5.82. The highest BCUT2D eigenvalue weighted by Gasteiger charge is 2.72. The lowest BCUT2D eigenvalue weighted by Crippen LogP contribution is -2.55. The maximum Gasteiger partial charge on any atom is 0.331 e. The van der Waals surface area contributed by atoms with Crippen LogP contribution in [0.1, 0.15) is 104 Å². The minimum atomic E-state index is -1.00. The number of carboxylic acid groups (broad SMARTS) is 1. The number of aliphatic carboxylic acids is 1. The summed E-state index contributed by atoms with van der Waals surface area (Å²) in [5, 5.41) is 12.4. The van der Waals surface area contributed by atoms with Gasteiger partial charge in [0.25, 0.3) is 0 Å². The van der Waals surface area contributed by atoms with Gasteiger partial charge in [0.2, 0.25) is 0 Å². The van der Waals surface area contributed by atoms with Gasteiger partial charge in [0.1, 0.15) is 23.4 Å². The summed E-state index contributed by atoms with van der Waals surface area (Å²) in [5.41, 5.74) is 0.642. The van der Waals surface area contributed by atoms with Gasteiger partial charge in [-0.15, -0.1) is 0 Å². The van der Waals surface area contributed by atoms with Crippen molar-refractivity contribution in [2.45, 2.75) is 146 Å². The van der Waals surface area contributed by atoms with Crippen LogP contribution in [0.4, 0.5) is 0 Å². The van der Waals surface area contributed by atoms with Gasteiger partial charge in [-0.3, -0.25) is 0 Å². The number of epoxide rings is 2. The first kappa shape index (κ1) is 36.3. The molecule has 5 fully saturated rings. The van der Waals surface area contributed by atoms with E-state index in [-0.39, 0.29) is 35.4 Å². The topological polar surface area (TPSA) is 110 Å². The fourth-order valence-electron chi connectivity index (χ4n) is 7.66. The summed E-state index contributed by atoms with van der Waals surface area (Å²) in [6, 6.07) is 1.74. The molecule has 2 heterocycles. The van der Waals surface area contributed by atoms with Crippen LogP contribution in [0, 0.1) is 5.92 Å². The Kier molecular flexibility index (Phi) is 13.9. The lowest BCUT2D eigenvalue weighted by atomic mass is 9.68. The van der Waals surface area contributed by atoms with Crippen molar-refractivity contribution in [3.05, 3.63) is 60.3 Å². The summed E-state index contributed by atoms with van der Waals surface area (Å²) in [6.45, 7) is 6.96. The number of carbonyl (C=O) groups is 2. The second kappa shape index (κ2) is 17.6. The van der Waals surface area contributed by atoms with E-state index in [2.05, 4.69) is 32.2 Å². The van der Waals surface area contributed by atoms with E-state index in [1.807, 2.05) is 0 Å². The second-order valence-electron chi connectivity index (χ2n) is 14.0. The zero-order chi connectivity index (χ0) is 33.0. The van der Waals surface area contributed by atoms with E-state index in [1.54, 1.807) is 37.5 Å². The van der Waals surface area contributed by atoms with Crippen LogP contribution in [0.2, 0.25) is 0 Å². The monoisotopic (exact) mass is 639 g/mol. The highest BCUT2D eigenvalue weighted by Crippen LogP contribution is 2.59. The second-order valence-corrected chi connectivity index (χ2v) is 14.0. The molecule has 1 spiro atoms. The van der Waals surface area contributed by atoms with Crippen molar-refractivity contribution in [3.8, 4) is 0 Å². The number of carbonyl (C=O) groups excluding carboxylic acids is 1. The number of rotatable bonds is 12. The summed E-state index contributed by atoms with van der Waals surface area (Å²) in [5.74, 6) is -1.45. The van der Waals surface area contributed by atoms with Crippen LogP contribution in [0.15, 0.2) is 60.3 Å². The Labute approximate surface area is 276 Å². The molecule has 0 aromatic carbocycles. The van der Waals surface area contributed by atoms with E-state index in [4.69, 9.17) is 24.1 Å². The molecule has 0 aromatic rings. The summed E-state index contributed by atoms with van der Waals surface area (Å²) in [4.78, 5) is 22.8. The zero-order valence-electron chi connectivity index (χ0n) is 28.5. The molecule has 2 N–H and O–H groups in total. The van der Waals surface area contributed by atoms with Gasteiger partial charge in [0, 0.05) is 31.3 Å². The smallest absolute Gasteiger partial charge is 0.331 e. The Morgan fingerprint density at radius 3 is 1.96 bits per heavy atom. The molecule has 2 aliphatic heterocycles. The van der Waals surface area contributed by atoms with E-state index >= 15 is 0 Å². The number of allylic oxidation sites excluding steroid dienone is 7. The number of hydrogen-bond donors (Lipinski definition) is 2. The summed E-state index contributed by atoms with van der Waals surface area (Å²) in [7, 11) is 1.65. The third kappa shape index (κ3) is 10.8. The lowest BCUT2D eigenvalue weighted by Gasteiger charge is -2.42. The van der Waals surface area contributed by atoms with Crippen LogP contribution in [0.3, 0.4) is 0 Å².